The summed E-state index contributed by atoms with van der Waals surface area (Å²) < 4.78 is 12.1. The molecule has 0 aliphatic carbocycles. The van der Waals surface area contributed by atoms with Crippen LogP contribution in [0, 0.1) is 12.8 Å². The average Bonchev–Trinajstić information content (AvgIpc) is 3.51. The minimum absolute atomic E-state index is 0.0383. The van der Waals surface area contributed by atoms with Crippen LogP contribution in [0.25, 0.3) is 0 Å². The van der Waals surface area contributed by atoms with Gasteiger partial charge in [-0.15, -0.1) is 11.3 Å². The van der Waals surface area contributed by atoms with Crippen molar-refractivity contribution >= 4 is 17.2 Å². The highest BCUT2D eigenvalue weighted by atomic mass is 32.1. The van der Waals surface area contributed by atoms with Crippen LogP contribution in [0.15, 0.2) is 108 Å². The number of halogens is 1. The molecule has 0 saturated carbocycles. The summed E-state index contributed by atoms with van der Waals surface area (Å²) in [6.07, 6.45) is 4.32. The van der Waals surface area contributed by atoms with Gasteiger partial charge >= 0.3 is 0 Å². The molecule has 43 heavy (non-hydrogen) atoms. The van der Waals surface area contributed by atoms with Crippen molar-refractivity contribution in [2.75, 3.05) is 19.7 Å². The van der Waals surface area contributed by atoms with E-state index in [1.165, 1.54) is 41.0 Å². The monoisotopic (exact) mass is 608 g/mol. The lowest BCUT2D eigenvalue weighted by Crippen LogP contribution is -2.45. The van der Waals surface area contributed by atoms with E-state index in [0.717, 1.165) is 17.6 Å². The van der Waals surface area contributed by atoms with Crippen LogP contribution in [0.3, 0.4) is 0 Å². The summed E-state index contributed by atoms with van der Waals surface area (Å²) in [5.41, 5.74) is 4.32. The lowest BCUT2D eigenvalue weighted by Gasteiger charge is -2.23. The zero-order valence-electron chi connectivity index (χ0n) is 26.5. The van der Waals surface area contributed by atoms with Gasteiger partial charge in [0.05, 0.1) is 0 Å². The van der Waals surface area contributed by atoms with E-state index in [4.69, 9.17) is 0 Å². The summed E-state index contributed by atoms with van der Waals surface area (Å²) in [5.74, 6) is -0.962. The molecule has 2 aromatic carbocycles. The number of hydrogen-bond donors (Lipinski definition) is 4. The maximum atomic E-state index is 12.3. The van der Waals surface area contributed by atoms with E-state index in [2.05, 4.69) is 61.4 Å². The molecule has 7 heteroatoms. The Morgan fingerprint density at radius 2 is 1.70 bits per heavy atom. The topological polar surface area (TPSA) is 81.6 Å². The molecule has 1 aromatic heterocycles. The zero-order valence-corrected chi connectivity index (χ0v) is 27.3. The largest absolute Gasteiger partial charge is 0.396 e. The lowest BCUT2D eigenvalue weighted by atomic mass is 10.0. The van der Waals surface area contributed by atoms with Crippen molar-refractivity contribution in [3.63, 3.8) is 0 Å². The number of rotatable bonds is 12. The fourth-order valence-electron chi connectivity index (χ4n) is 3.94. The Morgan fingerprint density at radius 3 is 2.21 bits per heavy atom. The summed E-state index contributed by atoms with van der Waals surface area (Å²) in [4.78, 5) is 12.9. The number of hydrogen-bond acceptors (Lipinski definition) is 5. The number of nitrogens with one attached hydrogen (secondary N) is 2. The van der Waals surface area contributed by atoms with Crippen molar-refractivity contribution in [1.29, 1.82) is 0 Å². The van der Waals surface area contributed by atoms with Crippen LogP contribution in [0.2, 0.25) is 0 Å². The van der Waals surface area contributed by atoms with Gasteiger partial charge < -0.3 is 20.8 Å². The Labute approximate surface area is 261 Å². The smallest absolute Gasteiger partial charge is 0.257 e. The Hall–Kier alpha value is -3.36. The summed E-state index contributed by atoms with van der Waals surface area (Å²) in [6, 6.07) is 22.2. The third-order valence-corrected chi connectivity index (χ3v) is 7.34. The number of aliphatic hydroxyl groups is 2. The third kappa shape index (κ3) is 16.2. The van der Waals surface area contributed by atoms with Gasteiger partial charge in [-0.2, -0.15) is 0 Å². The first-order valence-corrected chi connectivity index (χ1v) is 15.4. The van der Waals surface area contributed by atoms with Crippen molar-refractivity contribution in [3.8, 4) is 0 Å². The van der Waals surface area contributed by atoms with Crippen molar-refractivity contribution < 1.29 is 19.4 Å². The number of aryl methyl sites for hydroxylation is 2. The molecule has 234 valence electrons. The number of amides is 1. The Balaban J connectivity index is 0.000000442. The first kappa shape index (κ1) is 37.7. The molecule has 2 atom stereocenters. The van der Waals surface area contributed by atoms with E-state index in [-0.39, 0.29) is 12.5 Å². The summed E-state index contributed by atoms with van der Waals surface area (Å²) >= 11 is 1.34. The summed E-state index contributed by atoms with van der Waals surface area (Å²) in [6.45, 7) is 16.2. The Kier molecular flexibility index (Phi) is 18.0. The first-order valence-electron chi connectivity index (χ1n) is 14.5. The van der Waals surface area contributed by atoms with Crippen LogP contribution >= 0.6 is 11.3 Å². The van der Waals surface area contributed by atoms with Crippen molar-refractivity contribution in [2.24, 2.45) is 5.92 Å². The molecule has 0 aliphatic heterocycles. The highest BCUT2D eigenvalue weighted by molar-refractivity contribution is 7.10. The minimum Gasteiger partial charge on any atom is -0.396 e. The van der Waals surface area contributed by atoms with Crippen LogP contribution in [0.4, 0.5) is 4.39 Å². The maximum absolute atomic E-state index is 12.3. The fraction of sp³-hybridized carbons (Fsp3) is 0.361. The predicted molar refractivity (Wildman–Crippen MR) is 180 cm³/mol. The number of carbonyl (C=O) groups is 1. The summed E-state index contributed by atoms with van der Waals surface area (Å²) in [5, 5.41) is 27.9. The third-order valence-electron chi connectivity index (χ3n) is 6.26. The van der Waals surface area contributed by atoms with Crippen LogP contribution < -0.4 is 10.6 Å². The van der Waals surface area contributed by atoms with E-state index >= 15 is 0 Å². The maximum Gasteiger partial charge on any atom is 0.257 e. The predicted octanol–water partition coefficient (Wildman–Crippen LogP) is 7.41. The highest BCUT2D eigenvalue weighted by Crippen LogP contribution is 2.25. The number of carbonyl (C=O) groups excluding carboxylic acids is 1. The highest BCUT2D eigenvalue weighted by Gasteiger charge is 2.33. The molecule has 0 aliphatic rings. The van der Waals surface area contributed by atoms with Gasteiger partial charge in [-0.3, -0.25) is 4.79 Å². The van der Waals surface area contributed by atoms with Gasteiger partial charge in [-0.25, -0.2) is 4.39 Å². The molecular weight excluding hydrogens is 559 g/mol. The minimum atomic E-state index is -1.55. The second-order valence-corrected chi connectivity index (χ2v) is 11.8. The molecule has 4 N–H and O–H groups in total. The molecule has 3 rings (SSSR count). The first-order chi connectivity index (χ1) is 20.4. The zero-order chi connectivity index (χ0) is 32.3. The van der Waals surface area contributed by atoms with Gasteiger partial charge in [0.25, 0.3) is 5.91 Å². The average molecular weight is 609 g/mol. The molecule has 3 aromatic rings. The Bertz CT molecular complexity index is 1280. The normalized spacial score (nSPS) is 12.8. The van der Waals surface area contributed by atoms with Crippen LogP contribution in [-0.2, 0) is 23.4 Å². The molecule has 5 nitrogen and oxygen atoms in total. The molecule has 2 unspecified atom stereocenters. The van der Waals surface area contributed by atoms with Crippen LogP contribution in [-0.4, -0.2) is 35.8 Å². The molecule has 0 saturated heterocycles. The van der Waals surface area contributed by atoms with Gasteiger partial charge in [-0.05, 0) is 75.3 Å². The molecule has 0 radical (unpaired) electrons. The molecule has 0 spiro atoms. The fourth-order valence-corrected chi connectivity index (χ4v) is 4.72. The number of aliphatic hydroxyl groups excluding tert-OH is 1. The molecule has 1 amide bonds. The van der Waals surface area contributed by atoms with Crippen molar-refractivity contribution in [2.45, 2.75) is 60.1 Å². The van der Waals surface area contributed by atoms with Gasteiger partial charge in [0.2, 0.25) is 0 Å². The number of allylic oxidation sites excluding steroid dienone is 5. The second kappa shape index (κ2) is 20.5. The van der Waals surface area contributed by atoms with Crippen molar-refractivity contribution in [1.82, 2.24) is 10.6 Å². The molecular formula is C36H49FN2O3S. The van der Waals surface area contributed by atoms with E-state index in [0.29, 0.717) is 24.5 Å². The van der Waals surface area contributed by atoms with E-state index < -0.39 is 17.3 Å². The van der Waals surface area contributed by atoms with Crippen LogP contribution in [0.5, 0.6) is 0 Å². The second-order valence-electron chi connectivity index (χ2n) is 10.8. The lowest BCUT2D eigenvalue weighted by molar-refractivity contribution is -0.138. The standard InChI is InChI=1S/C20H28N2O3S.C9H13F.C7H8/c1-3-15-6-4-7-16(10-15)11-21-12-17(14-23)13-22-19(24)20(2,25)18-8-5-9-26-18;1-7(2)5-8(3)6-9(4)10;1-7-5-3-2-4-6-7/h4-10,17,21,23,25H,3,11-14H2,1-2H3,(H,22,24);5-6H,4H2,1-3H3;2-6H,1H3/b;8-6-;. The quantitative estimate of drug-likeness (QED) is 0.162. The number of benzene rings is 2. The van der Waals surface area contributed by atoms with E-state index in [1.807, 2.05) is 56.5 Å². The van der Waals surface area contributed by atoms with Crippen LogP contribution in [0.1, 0.15) is 56.2 Å². The molecule has 0 bridgehead atoms. The van der Waals surface area contributed by atoms with Gasteiger partial charge in [0.15, 0.2) is 5.60 Å². The van der Waals surface area contributed by atoms with E-state index in [1.54, 1.807) is 12.1 Å². The van der Waals surface area contributed by atoms with Gasteiger partial charge in [0, 0.05) is 37.0 Å². The Morgan fingerprint density at radius 1 is 1.02 bits per heavy atom. The van der Waals surface area contributed by atoms with E-state index in [9.17, 15) is 19.4 Å². The molecule has 0 fully saturated rings. The van der Waals surface area contributed by atoms with Gasteiger partial charge in [-0.1, -0.05) is 91.4 Å². The van der Waals surface area contributed by atoms with Gasteiger partial charge in [0.1, 0.15) is 5.83 Å². The molecule has 1 heterocycles. The van der Waals surface area contributed by atoms with Crippen molar-refractivity contribution in [3.05, 3.63) is 129 Å². The summed E-state index contributed by atoms with van der Waals surface area (Å²) in [7, 11) is 0. The SMILES string of the molecule is C=C(F)/C=C(/C)C=C(C)C.CCc1cccc(CNCC(CO)CNC(=O)C(C)(O)c2cccs2)c1.Cc1ccccc1. The number of thiophene rings is 1.